The first-order chi connectivity index (χ1) is 10.9. The molecular formula is C15H19ClN4O2S. The summed E-state index contributed by atoms with van der Waals surface area (Å²) >= 11 is 5.91. The average Bonchev–Trinajstić information content (AvgIpc) is 2.76. The Morgan fingerprint density at radius 1 is 1.13 bits per heavy atom. The minimum Gasteiger partial charge on any atom is -0.313 e. The molecule has 0 aliphatic carbocycles. The lowest BCUT2D eigenvalue weighted by Crippen LogP contribution is -2.28. The molecule has 1 aromatic heterocycles. The summed E-state index contributed by atoms with van der Waals surface area (Å²) in [5, 5.41) is 9.20. The molecule has 0 saturated carbocycles. The molecule has 0 N–H and O–H groups in total. The summed E-state index contributed by atoms with van der Waals surface area (Å²) in [6.07, 6.45) is 0.671. The SMILES string of the molecule is Cn1c(CN2CCCS(=O)(=O)CC2)nnc1-c1ccc(Cl)cc1. The van der Waals surface area contributed by atoms with E-state index in [1.54, 1.807) is 0 Å². The lowest BCUT2D eigenvalue weighted by atomic mass is 10.2. The molecule has 0 amide bonds. The number of halogens is 1. The largest absolute Gasteiger partial charge is 0.313 e. The molecule has 23 heavy (non-hydrogen) atoms. The molecule has 0 bridgehead atoms. The zero-order chi connectivity index (χ0) is 16.4. The highest BCUT2D eigenvalue weighted by atomic mass is 35.5. The van der Waals surface area contributed by atoms with E-state index in [4.69, 9.17) is 11.6 Å². The van der Waals surface area contributed by atoms with Gasteiger partial charge in [-0.3, -0.25) is 4.90 Å². The number of hydrogen-bond donors (Lipinski definition) is 0. The summed E-state index contributed by atoms with van der Waals surface area (Å²) in [5.74, 6) is 2.10. The lowest BCUT2D eigenvalue weighted by Gasteiger charge is -2.18. The van der Waals surface area contributed by atoms with E-state index in [1.807, 2.05) is 35.9 Å². The van der Waals surface area contributed by atoms with Crippen LogP contribution in [0.5, 0.6) is 0 Å². The standard InChI is InChI=1S/C15H19ClN4O2S/c1-19-14(11-20-7-2-9-23(21,22)10-8-20)17-18-15(19)12-3-5-13(16)6-4-12/h3-6H,2,7-11H2,1H3. The highest BCUT2D eigenvalue weighted by Gasteiger charge is 2.21. The summed E-state index contributed by atoms with van der Waals surface area (Å²) in [7, 11) is -0.969. The maximum absolute atomic E-state index is 11.7. The van der Waals surface area contributed by atoms with Crippen molar-refractivity contribution < 1.29 is 8.42 Å². The van der Waals surface area contributed by atoms with Gasteiger partial charge in [-0.2, -0.15) is 0 Å². The van der Waals surface area contributed by atoms with E-state index in [0.29, 0.717) is 24.5 Å². The zero-order valence-corrected chi connectivity index (χ0v) is 14.5. The molecule has 2 aromatic rings. The summed E-state index contributed by atoms with van der Waals surface area (Å²) < 4.78 is 25.3. The number of sulfone groups is 1. The molecule has 2 heterocycles. The average molecular weight is 355 g/mol. The van der Waals surface area contributed by atoms with Crippen LogP contribution in [0.15, 0.2) is 24.3 Å². The Labute approximate surface area is 141 Å². The molecule has 1 aliphatic heterocycles. The fraction of sp³-hybridized carbons (Fsp3) is 0.467. The van der Waals surface area contributed by atoms with Gasteiger partial charge in [-0.15, -0.1) is 10.2 Å². The second kappa shape index (κ2) is 6.59. The van der Waals surface area contributed by atoms with Crippen molar-refractivity contribution in [2.24, 2.45) is 7.05 Å². The van der Waals surface area contributed by atoms with Gasteiger partial charge >= 0.3 is 0 Å². The van der Waals surface area contributed by atoms with Gasteiger partial charge in [-0.1, -0.05) is 11.6 Å². The molecule has 1 saturated heterocycles. The van der Waals surface area contributed by atoms with Crippen molar-refractivity contribution in [1.82, 2.24) is 19.7 Å². The maximum atomic E-state index is 11.7. The minimum atomic E-state index is -2.89. The van der Waals surface area contributed by atoms with Crippen LogP contribution in [0.1, 0.15) is 12.2 Å². The molecule has 1 aromatic carbocycles. The summed E-state index contributed by atoms with van der Waals surface area (Å²) in [5.41, 5.74) is 0.953. The molecule has 1 aliphatic rings. The third kappa shape index (κ3) is 3.91. The van der Waals surface area contributed by atoms with Crippen molar-refractivity contribution in [2.45, 2.75) is 13.0 Å². The van der Waals surface area contributed by atoms with Crippen molar-refractivity contribution in [3.63, 3.8) is 0 Å². The Hall–Kier alpha value is -1.44. The highest BCUT2D eigenvalue weighted by molar-refractivity contribution is 7.91. The van der Waals surface area contributed by atoms with Crippen LogP contribution in [0.4, 0.5) is 0 Å². The van der Waals surface area contributed by atoms with Crippen LogP contribution in [-0.4, -0.2) is 52.7 Å². The fourth-order valence-corrected chi connectivity index (χ4v) is 4.13. The molecule has 3 rings (SSSR count). The van der Waals surface area contributed by atoms with E-state index in [9.17, 15) is 8.42 Å². The quantitative estimate of drug-likeness (QED) is 0.840. The van der Waals surface area contributed by atoms with Crippen LogP contribution in [0.2, 0.25) is 5.02 Å². The highest BCUT2D eigenvalue weighted by Crippen LogP contribution is 2.20. The molecule has 8 heteroatoms. The van der Waals surface area contributed by atoms with Crippen LogP contribution >= 0.6 is 11.6 Å². The van der Waals surface area contributed by atoms with E-state index in [-0.39, 0.29) is 11.5 Å². The minimum absolute atomic E-state index is 0.217. The summed E-state index contributed by atoms with van der Waals surface area (Å²) in [4.78, 5) is 2.13. The van der Waals surface area contributed by atoms with Crippen molar-refractivity contribution >= 4 is 21.4 Å². The second-order valence-electron chi connectivity index (χ2n) is 5.79. The molecule has 124 valence electrons. The van der Waals surface area contributed by atoms with Gasteiger partial charge in [0.15, 0.2) is 15.7 Å². The van der Waals surface area contributed by atoms with Gasteiger partial charge in [0.05, 0.1) is 18.1 Å². The molecule has 6 nitrogen and oxygen atoms in total. The second-order valence-corrected chi connectivity index (χ2v) is 8.53. The van der Waals surface area contributed by atoms with E-state index in [2.05, 4.69) is 15.1 Å². The van der Waals surface area contributed by atoms with E-state index >= 15 is 0 Å². The van der Waals surface area contributed by atoms with Crippen molar-refractivity contribution in [2.75, 3.05) is 24.6 Å². The lowest BCUT2D eigenvalue weighted by molar-refractivity contribution is 0.277. The van der Waals surface area contributed by atoms with E-state index in [0.717, 1.165) is 23.8 Å². The molecule has 0 atom stereocenters. The zero-order valence-electron chi connectivity index (χ0n) is 12.9. The van der Waals surface area contributed by atoms with Gasteiger partial charge < -0.3 is 4.57 Å². The predicted octanol–water partition coefficient (Wildman–Crippen LogP) is 1.76. The number of hydrogen-bond acceptors (Lipinski definition) is 5. The Bertz CT molecular complexity index is 786. The normalized spacial score (nSPS) is 18.7. The molecular weight excluding hydrogens is 336 g/mol. The molecule has 0 radical (unpaired) electrons. The van der Waals surface area contributed by atoms with Crippen molar-refractivity contribution in [3.8, 4) is 11.4 Å². The number of aromatic nitrogens is 3. The summed E-state index contributed by atoms with van der Waals surface area (Å²) in [6, 6.07) is 7.47. The summed E-state index contributed by atoms with van der Waals surface area (Å²) in [6.45, 7) is 1.92. The van der Waals surface area contributed by atoms with Crippen LogP contribution in [0.25, 0.3) is 11.4 Å². The fourth-order valence-electron chi connectivity index (χ4n) is 2.70. The first kappa shape index (κ1) is 16.4. The third-order valence-electron chi connectivity index (χ3n) is 4.08. The van der Waals surface area contributed by atoms with Crippen molar-refractivity contribution in [3.05, 3.63) is 35.1 Å². The first-order valence-electron chi connectivity index (χ1n) is 7.51. The van der Waals surface area contributed by atoms with E-state index in [1.165, 1.54) is 0 Å². The molecule has 0 unspecified atom stereocenters. The molecule has 1 fully saturated rings. The predicted molar refractivity (Wildman–Crippen MR) is 90.0 cm³/mol. The van der Waals surface area contributed by atoms with Crippen LogP contribution in [-0.2, 0) is 23.4 Å². The Morgan fingerprint density at radius 2 is 1.87 bits per heavy atom. The number of rotatable bonds is 3. The monoisotopic (exact) mass is 354 g/mol. The van der Waals surface area contributed by atoms with Gasteiger partial charge in [0, 0.05) is 24.2 Å². The van der Waals surface area contributed by atoms with Crippen LogP contribution in [0, 0.1) is 0 Å². The van der Waals surface area contributed by atoms with Gasteiger partial charge in [-0.05, 0) is 37.2 Å². The first-order valence-corrected chi connectivity index (χ1v) is 9.71. The Kier molecular flexibility index (Phi) is 4.70. The van der Waals surface area contributed by atoms with Crippen molar-refractivity contribution in [1.29, 1.82) is 0 Å². The van der Waals surface area contributed by atoms with Gasteiger partial charge in [0.2, 0.25) is 0 Å². The van der Waals surface area contributed by atoms with E-state index < -0.39 is 9.84 Å². The number of nitrogens with zero attached hydrogens (tertiary/aromatic N) is 4. The van der Waals surface area contributed by atoms with Gasteiger partial charge in [-0.25, -0.2) is 8.42 Å². The van der Waals surface area contributed by atoms with Crippen LogP contribution in [0.3, 0.4) is 0 Å². The van der Waals surface area contributed by atoms with Gasteiger partial charge in [0.1, 0.15) is 5.82 Å². The maximum Gasteiger partial charge on any atom is 0.163 e. The Morgan fingerprint density at radius 3 is 2.61 bits per heavy atom. The smallest absolute Gasteiger partial charge is 0.163 e. The Balaban J connectivity index is 1.76. The number of benzene rings is 1. The van der Waals surface area contributed by atoms with Crippen LogP contribution < -0.4 is 0 Å². The van der Waals surface area contributed by atoms with Gasteiger partial charge in [0.25, 0.3) is 0 Å². The third-order valence-corrected chi connectivity index (χ3v) is 6.05. The molecule has 0 spiro atoms. The topological polar surface area (TPSA) is 68.1 Å².